The van der Waals surface area contributed by atoms with Gasteiger partial charge in [-0.2, -0.15) is 0 Å². The molecule has 0 aromatic heterocycles. The fourth-order valence-corrected chi connectivity index (χ4v) is 2.91. The zero-order valence-corrected chi connectivity index (χ0v) is 12.3. The van der Waals surface area contributed by atoms with Crippen molar-refractivity contribution in [2.45, 2.75) is 25.0 Å². The van der Waals surface area contributed by atoms with Crippen LogP contribution in [0.5, 0.6) is 5.75 Å². The summed E-state index contributed by atoms with van der Waals surface area (Å²) in [6.07, 6.45) is 1.85. The molecular formula is C18H21NO2. The third-order valence-corrected chi connectivity index (χ3v) is 4.08. The van der Waals surface area contributed by atoms with E-state index in [-0.39, 0.29) is 12.1 Å². The van der Waals surface area contributed by atoms with E-state index in [0.717, 1.165) is 30.8 Å². The zero-order valence-electron chi connectivity index (χ0n) is 12.3. The largest absolute Gasteiger partial charge is 0.497 e. The lowest BCUT2D eigenvalue weighted by atomic mass is 9.91. The normalized spacial score (nSPS) is 18.9. The van der Waals surface area contributed by atoms with Crippen molar-refractivity contribution in [3.05, 3.63) is 65.2 Å². The Bertz CT molecular complexity index is 612. The first-order chi connectivity index (χ1) is 10.3. The monoisotopic (exact) mass is 283 g/mol. The van der Waals surface area contributed by atoms with Gasteiger partial charge in [-0.15, -0.1) is 0 Å². The standard InChI is InChI=1S/C18H21NO2/c1-20-15-7-4-6-14(11-15)17(19)12-18-16-8-3-2-5-13(16)9-10-21-18/h2-8,11,17-18H,9-10,12,19H2,1H3. The number of nitrogens with two attached hydrogens (primary N) is 1. The minimum Gasteiger partial charge on any atom is -0.497 e. The predicted octanol–water partition coefficient (Wildman–Crippen LogP) is 3.40. The van der Waals surface area contributed by atoms with Crippen molar-refractivity contribution in [2.24, 2.45) is 5.73 Å². The van der Waals surface area contributed by atoms with E-state index >= 15 is 0 Å². The van der Waals surface area contributed by atoms with E-state index in [9.17, 15) is 0 Å². The smallest absolute Gasteiger partial charge is 0.119 e. The maximum absolute atomic E-state index is 6.37. The van der Waals surface area contributed by atoms with Crippen LogP contribution in [0.3, 0.4) is 0 Å². The Labute approximate surface area is 125 Å². The van der Waals surface area contributed by atoms with Crippen molar-refractivity contribution in [1.29, 1.82) is 0 Å². The topological polar surface area (TPSA) is 44.5 Å². The van der Waals surface area contributed by atoms with Crippen LogP contribution in [0, 0.1) is 0 Å². The maximum Gasteiger partial charge on any atom is 0.119 e. The highest BCUT2D eigenvalue weighted by Crippen LogP contribution is 2.33. The van der Waals surface area contributed by atoms with Crippen LogP contribution in [0.1, 0.15) is 35.3 Å². The molecule has 2 atom stereocenters. The summed E-state index contributed by atoms with van der Waals surface area (Å²) in [5.74, 6) is 0.841. The summed E-state index contributed by atoms with van der Waals surface area (Å²) in [4.78, 5) is 0. The van der Waals surface area contributed by atoms with Gasteiger partial charge in [0.2, 0.25) is 0 Å². The Morgan fingerprint density at radius 3 is 2.95 bits per heavy atom. The molecule has 3 nitrogen and oxygen atoms in total. The molecule has 2 aromatic rings. The van der Waals surface area contributed by atoms with Crippen LogP contribution in [0.25, 0.3) is 0 Å². The number of methoxy groups -OCH3 is 1. The van der Waals surface area contributed by atoms with E-state index in [2.05, 4.69) is 24.3 Å². The Balaban J connectivity index is 1.77. The van der Waals surface area contributed by atoms with Crippen LogP contribution in [-0.2, 0) is 11.2 Å². The van der Waals surface area contributed by atoms with Gasteiger partial charge in [0.1, 0.15) is 5.75 Å². The molecule has 1 heterocycles. The molecule has 0 bridgehead atoms. The van der Waals surface area contributed by atoms with E-state index in [1.165, 1.54) is 11.1 Å². The van der Waals surface area contributed by atoms with Gasteiger partial charge >= 0.3 is 0 Å². The molecule has 3 heteroatoms. The molecule has 0 saturated heterocycles. The predicted molar refractivity (Wildman–Crippen MR) is 83.4 cm³/mol. The molecule has 2 aromatic carbocycles. The first kappa shape index (κ1) is 14.1. The fraction of sp³-hybridized carbons (Fsp3) is 0.333. The van der Waals surface area contributed by atoms with E-state index in [0.29, 0.717) is 0 Å². The third-order valence-electron chi connectivity index (χ3n) is 4.08. The quantitative estimate of drug-likeness (QED) is 0.935. The summed E-state index contributed by atoms with van der Waals surface area (Å²) < 4.78 is 11.2. The SMILES string of the molecule is COc1cccc(C(N)CC2OCCc3ccccc32)c1. The van der Waals surface area contributed by atoms with E-state index in [1.807, 2.05) is 24.3 Å². The average Bonchev–Trinajstić information content (AvgIpc) is 2.55. The minimum atomic E-state index is -0.0590. The molecule has 0 aliphatic carbocycles. The van der Waals surface area contributed by atoms with Crippen LogP contribution in [0.2, 0.25) is 0 Å². The highest BCUT2D eigenvalue weighted by atomic mass is 16.5. The van der Waals surface area contributed by atoms with Crippen LogP contribution in [-0.4, -0.2) is 13.7 Å². The Hall–Kier alpha value is -1.84. The van der Waals surface area contributed by atoms with Crippen LogP contribution in [0.15, 0.2) is 48.5 Å². The van der Waals surface area contributed by atoms with Crippen LogP contribution < -0.4 is 10.5 Å². The summed E-state index contributed by atoms with van der Waals surface area (Å²) >= 11 is 0. The van der Waals surface area contributed by atoms with Crippen LogP contribution >= 0.6 is 0 Å². The number of benzene rings is 2. The number of fused-ring (bicyclic) bond motifs is 1. The lowest BCUT2D eigenvalue weighted by molar-refractivity contribution is 0.0320. The van der Waals surface area contributed by atoms with Crippen molar-refractivity contribution in [2.75, 3.05) is 13.7 Å². The minimum absolute atomic E-state index is 0.0590. The second kappa shape index (κ2) is 6.29. The van der Waals surface area contributed by atoms with Gasteiger partial charge in [0.05, 0.1) is 19.8 Å². The second-order valence-corrected chi connectivity index (χ2v) is 5.43. The van der Waals surface area contributed by atoms with Gasteiger partial charge < -0.3 is 15.2 Å². The number of ether oxygens (including phenoxy) is 2. The molecule has 0 saturated carbocycles. The number of hydrogen-bond donors (Lipinski definition) is 1. The molecule has 3 rings (SSSR count). The average molecular weight is 283 g/mol. The van der Waals surface area contributed by atoms with Gasteiger partial charge in [-0.25, -0.2) is 0 Å². The molecule has 1 aliphatic rings. The number of hydrogen-bond acceptors (Lipinski definition) is 3. The highest BCUT2D eigenvalue weighted by Gasteiger charge is 2.23. The first-order valence-corrected chi connectivity index (χ1v) is 7.37. The van der Waals surface area contributed by atoms with Crippen molar-refractivity contribution in [3.63, 3.8) is 0 Å². The van der Waals surface area contributed by atoms with Crippen molar-refractivity contribution < 1.29 is 9.47 Å². The molecule has 0 spiro atoms. The van der Waals surface area contributed by atoms with Gasteiger partial charge in [-0.3, -0.25) is 0 Å². The molecule has 21 heavy (non-hydrogen) atoms. The molecule has 1 aliphatic heterocycles. The first-order valence-electron chi connectivity index (χ1n) is 7.37. The van der Waals surface area contributed by atoms with Gasteiger partial charge in [-0.05, 0) is 41.7 Å². The summed E-state index contributed by atoms with van der Waals surface area (Å²) in [5, 5.41) is 0. The van der Waals surface area contributed by atoms with E-state index in [4.69, 9.17) is 15.2 Å². The zero-order chi connectivity index (χ0) is 14.7. The van der Waals surface area contributed by atoms with Crippen molar-refractivity contribution in [1.82, 2.24) is 0 Å². The summed E-state index contributed by atoms with van der Waals surface area (Å²) in [7, 11) is 1.67. The molecule has 0 fully saturated rings. The van der Waals surface area contributed by atoms with Crippen molar-refractivity contribution in [3.8, 4) is 5.75 Å². The lowest BCUT2D eigenvalue weighted by Gasteiger charge is -2.28. The lowest BCUT2D eigenvalue weighted by Crippen LogP contribution is -2.21. The van der Waals surface area contributed by atoms with Gasteiger partial charge in [0, 0.05) is 6.04 Å². The molecule has 2 N–H and O–H groups in total. The Morgan fingerprint density at radius 1 is 1.24 bits per heavy atom. The van der Waals surface area contributed by atoms with Gasteiger partial charge in [0.15, 0.2) is 0 Å². The summed E-state index contributed by atoms with van der Waals surface area (Å²) in [5.41, 5.74) is 10.1. The van der Waals surface area contributed by atoms with E-state index < -0.39 is 0 Å². The molecule has 110 valence electrons. The second-order valence-electron chi connectivity index (χ2n) is 5.43. The Morgan fingerprint density at radius 2 is 2.10 bits per heavy atom. The van der Waals surface area contributed by atoms with Gasteiger partial charge in [-0.1, -0.05) is 36.4 Å². The molecule has 2 unspecified atom stereocenters. The van der Waals surface area contributed by atoms with Crippen LogP contribution in [0.4, 0.5) is 0 Å². The Kier molecular flexibility index (Phi) is 4.23. The summed E-state index contributed by atoms with van der Waals surface area (Å²) in [6, 6.07) is 16.4. The molecule has 0 amide bonds. The fourth-order valence-electron chi connectivity index (χ4n) is 2.91. The van der Waals surface area contributed by atoms with E-state index in [1.54, 1.807) is 7.11 Å². The highest BCUT2D eigenvalue weighted by molar-refractivity contribution is 5.33. The number of rotatable bonds is 4. The molecular weight excluding hydrogens is 262 g/mol. The van der Waals surface area contributed by atoms with Gasteiger partial charge in [0.25, 0.3) is 0 Å². The maximum atomic E-state index is 6.37. The third kappa shape index (κ3) is 3.09. The summed E-state index contributed by atoms with van der Waals surface area (Å²) in [6.45, 7) is 0.770. The van der Waals surface area contributed by atoms with Crippen molar-refractivity contribution >= 4 is 0 Å². The molecule has 0 radical (unpaired) electrons.